The Bertz CT molecular complexity index is 285. The molecule has 0 amide bonds. The lowest BCUT2D eigenvalue weighted by Crippen LogP contribution is -2.16. The van der Waals surface area contributed by atoms with Crippen LogP contribution in [0.15, 0.2) is 28.7 Å². The van der Waals surface area contributed by atoms with Crippen molar-refractivity contribution in [2.24, 2.45) is 0 Å². The molecule has 0 saturated carbocycles. The minimum Gasteiger partial charge on any atom is -0.393 e. The van der Waals surface area contributed by atoms with Crippen molar-refractivity contribution in [3.05, 3.63) is 34.3 Å². The molecular weight excluding hydrogens is 240 g/mol. The molecule has 0 heterocycles. The summed E-state index contributed by atoms with van der Waals surface area (Å²) in [6, 6.07) is 8.20. The first kappa shape index (κ1) is 11.7. The Morgan fingerprint density at radius 1 is 1.29 bits per heavy atom. The average molecular weight is 257 g/mol. The van der Waals surface area contributed by atoms with Gasteiger partial charge in [0.15, 0.2) is 0 Å². The van der Waals surface area contributed by atoms with Crippen molar-refractivity contribution in [3.63, 3.8) is 0 Å². The first-order chi connectivity index (χ1) is 6.69. The van der Waals surface area contributed by atoms with Crippen LogP contribution in [-0.2, 0) is 0 Å². The molecule has 0 spiro atoms. The summed E-state index contributed by atoms with van der Waals surface area (Å²) in [6.07, 6.45) is 1.56. The third-order valence-electron chi connectivity index (χ3n) is 2.60. The fourth-order valence-electron chi connectivity index (χ4n) is 1.75. The Morgan fingerprint density at radius 2 is 2.00 bits per heavy atom. The van der Waals surface area contributed by atoms with Crippen LogP contribution in [0, 0.1) is 0 Å². The van der Waals surface area contributed by atoms with Crippen LogP contribution >= 0.6 is 15.9 Å². The molecule has 14 heavy (non-hydrogen) atoms. The summed E-state index contributed by atoms with van der Waals surface area (Å²) in [6.45, 7) is 4.13. The maximum Gasteiger partial charge on any atom is 0.0606 e. The van der Waals surface area contributed by atoms with E-state index < -0.39 is 0 Å². The molecule has 1 rings (SSSR count). The van der Waals surface area contributed by atoms with Crippen LogP contribution < -0.4 is 0 Å². The Kier molecular flexibility index (Phi) is 4.63. The second-order valence-corrected chi connectivity index (χ2v) is 4.46. The van der Waals surface area contributed by atoms with E-state index in [9.17, 15) is 5.11 Å². The summed E-state index contributed by atoms with van der Waals surface area (Å²) in [7, 11) is 0. The predicted molar refractivity (Wildman–Crippen MR) is 63.5 cm³/mol. The summed E-state index contributed by atoms with van der Waals surface area (Å²) in [5.41, 5.74) is 1.22. The van der Waals surface area contributed by atoms with Crippen LogP contribution in [0.4, 0.5) is 0 Å². The van der Waals surface area contributed by atoms with Gasteiger partial charge in [0.05, 0.1) is 6.10 Å². The molecule has 0 aliphatic carbocycles. The van der Waals surface area contributed by atoms with E-state index in [0.717, 1.165) is 17.3 Å². The zero-order valence-electron chi connectivity index (χ0n) is 8.70. The summed E-state index contributed by atoms with van der Waals surface area (Å²) >= 11 is 3.45. The Balaban J connectivity index is 2.89. The molecule has 1 nitrogen and oxygen atoms in total. The van der Waals surface area contributed by atoms with E-state index in [1.165, 1.54) is 5.56 Å². The van der Waals surface area contributed by atoms with Crippen LogP contribution in [0.2, 0.25) is 0 Å². The van der Waals surface area contributed by atoms with E-state index in [-0.39, 0.29) is 12.0 Å². The van der Waals surface area contributed by atoms with Crippen molar-refractivity contribution in [3.8, 4) is 0 Å². The second kappa shape index (κ2) is 5.52. The normalized spacial score (nSPS) is 15.1. The molecule has 2 heteroatoms. The molecule has 0 aliphatic rings. The van der Waals surface area contributed by atoms with Gasteiger partial charge in [0.25, 0.3) is 0 Å². The van der Waals surface area contributed by atoms with E-state index in [1.54, 1.807) is 0 Å². The Hall–Kier alpha value is -0.340. The van der Waals surface area contributed by atoms with Crippen LogP contribution in [0.5, 0.6) is 0 Å². The highest BCUT2D eigenvalue weighted by molar-refractivity contribution is 9.10. The standard InChI is InChI=1S/C12H17BrO/c1-3-11(12(14)4-2)9-6-5-7-10(13)8-9/h5-8,11-12,14H,3-4H2,1-2H3. The SMILES string of the molecule is CCC(O)C(CC)c1cccc(Br)c1. The second-order valence-electron chi connectivity index (χ2n) is 3.55. The monoisotopic (exact) mass is 256 g/mol. The van der Waals surface area contributed by atoms with E-state index in [0.29, 0.717) is 0 Å². The van der Waals surface area contributed by atoms with Crippen LogP contribution in [0.25, 0.3) is 0 Å². The number of hydrogen-bond donors (Lipinski definition) is 1. The predicted octanol–water partition coefficient (Wildman–Crippen LogP) is 3.71. The van der Waals surface area contributed by atoms with Gasteiger partial charge < -0.3 is 5.11 Å². The van der Waals surface area contributed by atoms with Crippen LogP contribution in [-0.4, -0.2) is 11.2 Å². The topological polar surface area (TPSA) is 20.2 Å². The molecule has 1 N–H and O–H groups in total. The summed E-state index contributed by atoms with van der Waals surface area (Å²) in [5, 5.41) is 9.85. The summed E-state index contributed by atoms with van der Waals surface area (Å²) in [5.74, 6) is 0.262. The van der Waals surface area contributed by atoms with Crippen molar-refractivity contribution in [1.29, 1.82) is 0 Å². The van der Waals surface area contributed by atoms with Gasteiger partial charge in [-0.3, -0.25) is 0 Å². The molecular formula is C12H17BrO. The lowest BCUT2D eigenvalue weighted by molar-refractivity contribution is 0.136. The fourth-order valence-corrected chi connectivity index (χ4v) is 2.17. The van der Waals surface area contributed by atoms with Gasteiger partial charge in [0.1, 0.15) is 0 Å². The third kappa shape index (κ3) is 2.82. The lowest BCUT2D eigenvalue weighted by Gasteiger charge is -2.20. The third-order valence-corrected chi connectivity index (χ3v) is 3.09. The van der Waals surface area contributed by atoms with Gasteiger partial charge in [-0.05, 0) is 30.5 Å². The smallest absolute Gasteiger partial charge is 0.0606 e. The van der Waals surface area contributed by atoms with E-state index in [2.05, 4.69) is 35.0 Å². The number of aliphatic hydroxyl groups is 1. The first-order valence-electron chi connectivity index (χ1n) is 5.12. The molecule has 0 saturated heterocycles. The average Bonchev–Trinajstić information content (AvgIpc) is 2.19. The van der Waals surface area contributed by atoms with Gasteiger partial charge >= 0.3 is 0 Å². The van der Waals surface area contributed by atoms with E-state index >= 15 is 0 Å². The summed E-state index contributed by atoms with van der Waals surface area (Å²) in [4.78, 5) is 0. The van der Waals surface area contributed by atoms with Crippen molar-refractivity contribution in [2.75, 3.05) is 0 Å². The molecule has 0 aliphatic heterocycles. The van der Waals surface area contributed by atoms with Gasteiger partial charge in [0.2, 0.25) is 0 Å². The Labute approximate surface area is 94.3 Å². The van der Waals surface area contributed by atoms with Crippen molar-refractivity contribution in [1.82, 2.24) is 0 Å². The minimum absolute atomic E-state index is 0.228. The van der Waals surface area contributed by atoms with Crippen molar-refractivity contribution < 1.29 is 5.11 Å². The number of hydrogen-bond acceptors (Lipinski definition) is 1. The Morgan fingerprint density at radius 3 is 2.50 bits per heavy atom. The molecule has 0 fully saturated rings. The first-order valence-corrected chi connectivity index (χ1v) is 5.91. The molecule has 0 radical (unpaired) electrons. The zero-order chi connectivity index (χ0) is 10.6. The summed E-state index contributed by atoms with van der Waals surface area (Å²) < 4.78 is 1.08. The highest BCUT2D eigenvalue weighted by atomic mass is 79.9. The van der Waals surface area contributed by atoms with Crippen LogP contribution in [0.1, 0.15) is 38.2 Å². The number of benzene rings is 1. The zero-order valence-corrected chi connectivity index (χ0v) is 10.3. The van der Waals surface area contributed by atoms with E-state index in [1.807, 2.05) is 19.1 Å². The maximum absolute atomic E-state index is 9.85. The molecule has 0 aromatic heterocycles. The molecule has 1 aromatic rings. The quantitative estimate of drug-likeness (QED) is 0.871. The van der Waals surface area contributed by atoms with Crippen LogP contribution in [0.3, 0.4) is 0 Å². The molecule has 2 unspecified atom stereocenters. The maximum atomic E-state index is 9.85. The molecule has 78 valence electrons. The molecule has 0 bridgehead atoms. The highest BCUT2D eigenvalue weighted by Crippen LogP contribution is 2.27. The number of halogens is 1. The lowest BCUT2D eigenvalue weighted by atomic mass is 9.90. The largest absolute Gasteiger partial charge is 0.393 e. The molecule has 1 aromatic carbocycles. The van der Waals surface area contributed by atoms with Gasteiger partial charge in [-0.1, -0.05) is 41.9 Å². The molecule has 2 atom stereocenters. The fraction of sp³-hybridized carbons (Fsp3) is 0.500. The van der Waals surface area contributed by atoms with Gasteiger partial charge in [0, 0.05) is 10.4 Å². The number of aliphatic hydroxyl groups excluding tert-OH is 1. The minimum atomic E-state index is -0.228. The highest BCUT2D eigenvalue weighted by Gasteiger charge is 2.17. The van der Waals surface area contributed by atoms with Gasteiger partial charge in [-0.25, -0.2) is 0 Å². The number of rotatable bonds is 4. The van der Waals surface area contributed by atoms with E-state index in [4.69, 9.17) is 0 Å². The van der Waals surface area contributed by atoms with Crippen molar-refractivity contribution in [2.45, 2.75) is 38.7 Å². The van der Waals surface area contributed by atoms with Crippen molar-refractivity contribution >= 4 is 15.9 Å². The van der Waals surface area contributed by atoms with Gasteiger partial charge in [-0.2, -0.15) is 0 Å². The van der Waals surface area contributed by atoms with Gasteiger partial charge in [-0.15, -0.1) is 0 Å².